The van der Waals surface area contributed by atoms with Gasteiger partial charge in [0.05, 0.1) is 13.2 Å². The number of aromatic nitrogens is 2. The summed E-state index contributed by atoms with van der Waals surface area (Å²) in [6.45, 7) is 5.73. The first-order chi connectivity index (χ1) is 9.81. The third-order valence-electron chi connectivity index (χ3n) is 3.10. The average molecular weight is 298 g/mol. The van der Waals surface area contributed by atoms with E-state index in [1.807, 2.05) is 12.3 Å². The fourth-order valence-corrected chi connectivity index (χ4v) is 2.40. The maximum atomic E-state index is 5.40. The van der Waals surface area contributed by atoms with Crippen LogP contribution in [-0.4, -0.2) is 60.5 Å². The van der Waals surface area contributed by atoms with Crippen molar-refractivity contribution in [1.82, 2.24) is 14.9 Å². The van der Waals surface area contributed by atoms with Crippen molar-refractivity contribution in [2.24, 2.45) is 5.84 Å². The summed E-state index contributed by atoms with van der Waals surface area (Å²) in [5.74, 6) is 6.83. The van der Waals surface area contributed by atoms with E-state index in [9.17, 15) is 0 Å². The summed E-state index contributed by atoms with van der Waals surface area (Å²) in [5.41, 5.74) is 2.56. The second-order valence-electron chi connectivity index (χ2n) is 4.50. The average Bonchev–Trinajstić information content (AvgIpc) is 2.52. The molecule has 2 rings (SSSR count). The van der Waals surface area contributed by atoms with E-state index in [1.165, 1.54) is 11.8 Å². The number of hydrogen-bond donors (Lipinski definition) is 3. The first-order valence-corrected chi connectivity index (χ1v) is 7.98. The van der Waals surface area contributed by atoms with Gasteiger partial charge in [-0.3, -0.25) is 4.90 Å². The van der Waals surface area contributed by atoms with Crippen molar-refractivity contribution in [3.05, 3.63) is 6.07 Å². The number of nitrogens with zero attached hydrogens (tertiary/aromatic N) is 3. The predicted octanol–water partition coefficient (Wildman–Crippen LogP) is 0.618. The fraction of sp³-hybridized carbons (Fsp3) is 0.667. The maximum Gasteiger partial charge on any atom is 0.191 e. The highest BCUT2D eigenvalue weighted by Gasteiger charge is 2.09. The van der Waals surface area contributed by atoms with Crippen LogP contribution >= 0.6 is 11.8 Å². The molecular weight excluding hydrogens is 276 g/mol. The molecule has 0 bridgehead atoms. The van der Waals surface area contributed by atoms with Crippen LogP contribution < -0.4 is 16.6 Å². The van der Waals surface area contributed by atoms with Crippen LogP contribution in [0.5, 0.6) is 0 Å². The second-order valence-corrected chi connectivity index (χ2v) is 5.28. The van der Waals surface area contributed by atoms with Crippen molar-refractivity contribution in [2.75, 3.05) is 56.4 Å². The summed E-state index contributed by atoms with van der Waals surface area (Å²) in [6.07, 6.45) is 3.02. The van der Waals surface area contributed by atoms with Crippen LogP contribution in [-0.2, 0) is 4.74 Å². The normalized spacial score (nSPS) is 16.1. The molecule has 0 spiro atoms. The zero-order valence-corrected chi connectivity index (χ0v) is 12.6. The van der Waals surface area contributed by atoms with Crippen molar-refractivity contribution in [2.45, 2.75) is 11.6 Å². The fourth-order valence-electron chi connectivity index (χ4n) is 2.02. The number of nitrogens with two attached hydrogens (primary N) is 1. The van der Waals surface area contributed by atoms with Crippen molar-refractivity contribution < 1.29 is 4.74 Å². The number of hydrazine groups is 1. The molecule has 0 aromatic carbocycles. The van der Waals surface area contributed by atoms with E-state index in [2.05, 4.69) is 25.6 Å². The second kappa shape index (κ2) is 8.25. The molecule has 0 saturated carbocycles. The number of nitrogen functional groups attached to an aromatic ring is 1. The Labute approximate surface area is 123 Å². The van der Waals surface area contributed by atoms with E-state index in [0.717, 1.165) is 51.6 Å². The van der Waals surface area contributed by atoms with Crippen LogP contribution in [0.4, 0.5) is 11.6 Å². The minimum atomic E-state index is 0.625. The van der Waals surface area contributed by atoms with Gasteiger partial charge in [0.15, 0.2) is 5.16 Å². The third kappa shape index (κ3) is 4.78. The van der Waals surface area contributed by atoms with Crippen LogP contribution in [0.1, 0.15) is 6.42 Å². The summed E-state index contributed by atoms with van der Waals surface area (Å²) in [7, 11) is 0. The van der Waals surface area contributed by atoms with Gasteiger partial charge in [-0.1, -0.05) is 11.8 Å². The molecule has 1 fully saturated rings. The van der Waals surface area contributed by atoms with E-state index in [4.69, 9.17) is 10.6 Å². The first-order valence-electron chi connectivity index (χ1n) is 6.75. The standard InChI is InChI=1S/C12H22N6OS/c1-20-12-15-10(9-11(16-12)17-13)14-3-2-4-18-5-7-19-8-6-18/h9H,2-8,13H2,1H3,(H2,14,15,16,17). The van der Waals surface area contributed by atoms with Gasteiger partial charge in [0.2, 0.25) is 0 Å². The summed E-state index contributed by atoms with van der Waals surface area (Å²) < 4.78 is 5.33. The molecule has 7 nitrogen and oxygen atoms in total. The molecule has 1 aromatic rings. The Morgan fingerprint density at radius 2 is 2.10 bits per heavy atom. The van der Waals surface area contributed by atoms with E-state index in [-0.39, 0.29) is 0 Å². The van der Waals surface area contributed by atoms with E-state index < -0.39 is 0 Å². The van der Waals surface area contributed by atoms with Gasteiger partial charge in [-0.15, -0.1) is 0 Å². The van der Waals surface area contributed by atoms with Crippen LogP contribution in [0.25, 0.3) is 0 Å². The van der Waals surface area contributed by atoms with Gasteiger partial charge in [0.25, 0.3) is 0 Å². The molecule has 1 aromatic heterocycles. The van der Waals surface area contributed by atoms with Gasteiger partial charge in [0, 0.05) is 25.7 Å². The van der Waals surface area contributed by atoms with Crippen LogP contribution in [0.15, 0.2) is 11.2 Å². The van der Waals surface area contributed by atoms with Crippen molar-refractivity contribution >= 4 is 23.4 Å². The number of thioether (sulfide) groups is 1. The molecular formula is C12H22N6OS. The third-order valence-corrected chi connectivity index (χ3v) is 3.64. The molecule has 4 N–H and O–H groups in total. The van der Waals surface area contributed by atoms with Gasteiger partial charge in [0.1, 0.15) is 11.6 Å². The topological polar surface area (TPSA) is 88.3 Å². The van der Waals surface area contributed by atoms with E-state index >= 15 is 0 Å². The van der Waals surface area contributed by atoms with Crippen LogP contribution in [0, 0.1) is 0 Å². The van der Waals surface area contributed by atoms with Crippen molar-refractivity contribution in [3.8, 4) is 0 Å². The maximum absolute atomic E-state index is 5.40. The first kappa shape index (κ1) is 15.3. The van der Waals surface area contributed by atoms with E-state index in [0.29, 0.717) is 11.0 Å². The zero-order valence-electron chi connectivity index (χ0n) is 11.8. The summed E-state index contributed by atoms with van der Waals surface area (Å²) in [6, 6.07) is 1.81. The Morgan fingerprint density at radius 3 is 2.80 bits per heavy atom. The quantitative estimate of drug-likeness (QED) is 0.222. The molecule has 0 radical (unpaired) electrons. The molecule has 1 saturated heterocycles. The zero-order chi connectivity index (χ0) is 14.2. The number of hydrogen-bond acceptors (Lipinski definition) is 8. The van der Waals surface area contributed by atoms with Crippen LogP contribution in [0.2, 0.25) is 0 Å². The Balaban J connectivity index is 1.75. The molecule has 112 valence electrons. The van der Waals surface area contributed by atoms with Gasteiger partial charge >= 0.3 is 0 Å². The highest BCUT2D eigenvalue weighted by atomic mass is 32.2. The summed E-state index contributed by atoms with van der Waals surface area (Å²) in [5, 5.41) is 4.02. The highest BCUT2D eigenvalue weighted by Crippen LogP contribution is 2.16. The lowest BCUT2D eigenvalue weighted by molar-refractivity contribution is 0.0378. The number of ether oxygens (including phenoxy) is 1. The van der Waals surface area contributed by atoms with Crippen molar-refractivity contribution in [3.63, 3.8) is 0 Å². The molecule has 0 unspecified atom stereocenters. The SMILES string of the molecule is CSc1nc(NN)cc(NCCCN2CCOCC2)n1. The lowest BCUT2D eigenvalue weighted by atomic mass is 10.3. The van der Waals surface area contributed by atoms with Gasteiger partial charge in [-0.25, -0.2) is 15.8 Å². The number of morpholine rings is 1. The largest absolute Gasteiger partial charge is 0.379 e. The molecule has 8 heteroatoms. The molecule has 1 aliphatic heterocycles. The Bertz CT molecular complexity index is 391. The van der Waals surface area contributed by atoms with Gasteiger partial charge < -0.3 is 15.5 Å². The van der Waals surface area contributed by atoms with Crippen molar-refractivity contribution in [1.29, 1.82) is 0 Å². The lowest BCUT2D eigenvalue weighted by Gasteiger charge is -2.26. The Morgan fingerprint density at radius 1 is 1.35 bits per heavy atom. The number of anilines is 2. The molecule has 0 amide bonds. The van der Waals surface area contributed by atoms with Gasteiger partial charge in [-0.2, -0.15) is 0 Å². The van der Waals surface area contributed by atoms with Crippen LogP contribution in [0.3, 0.4) is 0 Å². The Hall–Kier alpha value is -1.09. The lowest BCUT2D eigenvalue weighted by Crippen LogP contribution is -2.37. The predicted molar refractivity (Wildman–Crippen MR) is 82.0 cm³/mol. The number of nitrogens with one attached hydrogen (secondary N) is 2. The van der Waals surface area contributed by atoms with Gasteiger partial charge in [-0.05, 0) is 19.2 Å². The Kier molecular flexibility index (Phi) is 6.31. The molecule has 20 heavy (non-hydrogen) atoms. The minimum Gasteiger partial charge on any atom is -0.379 e. The smallest absolute Gasteiger partial charge is 0.191 e. The highest BCUT2D eigenvalue weighted by molar-refractivity contribution is 7.98. The number of rotatable bonds is 7. The summed E-state index contributed by atoms with van der Waals surface area (Å²) in [4.78, 5) is 11.0. The monoisotopic (exact) mass is 298 g/mol. The molecule has 0 atom stereocenters. The molecule has 0 aliphatic carbocycles. The summed E-state index contributed by atoms with van der Waals surface area (Å²) >= 11 is 1.49. The molecule has 1 aliphatic rings. The molecule has 2 heterocycles. The van der Waals surface area contributed by atoms with E-state index in [1.54, 1.807) is 0 Å². The minimum absolute atomic E-state index is 0.625.